The highest BCUT2D eigenvalue weighted by Gasteiger charge is 2.22. The quantitative estimate of drug-likeness (QED) is 0.724. The summed E-state index contributed by atoms with van der Waals surface area (Å²) >= 11 is 0. The van der Waals surface area contributed by atoms with Crippen molar-refractivity contribution in [2.24, 2.45) is 0 Å². The van der Waals surface area contributed by atoms with Crippen LogP contribution in [0.5, 0.6) is 17.2 Å². The molecule has 0 radical (unpaired) electrons. The minimum absolute atomic E-state index is 0.0712. The first-order valence-electron chi connectivity index (χ1n) is 8.44. The summed E-state index contributed by atoms with van der Waals surface area (Å²) in [7, 11) is -2.19. The summed E-state index contributed by atoms with van der Waals surface area (Å²) in [4.78, 5) is 0.0712. The highest BCUT2D eigenvalue weighted by atomic mass is 32.2. The molecule has 2 aromatic rings. The molecule has 0 aliphatic rings. The highest BCUT2D eigenvalue weighted by Crippen LogP contribution is 2.32. The number of nitrogens with one attached hydrogen (secondary N) is 1. The fraction of sp³-hybridized carbons (Fsp3) is 0.368. The van der Waals surface area contributed by atoms with E-state index in [9.17, 15) is 8.42 Å². The predicted molar refractivity (Wildman–Crippen MR) is 101 cm³/mol. The molecule has 2 rings (SSSR count). The van der Waals surface area contributed by atoms with Gasteiger partial charge in [-0.2, -0.15) is 0 Å². The number of sulfonamides is 1. The molecule has 7 heteroatoms. The Hall–Kier alpha value is -2.25. The standard InChI is InChI=1S/C19H25NO5S/c1-5-24-17-12-19(18(25-6-2)11-14(17)3)26(21,22)20-13-15-7-9-16(23-4)10-8-15/h7-12,20H,5-6,13H2,1-4H3. The SMILES string of the molecule is CCOc1cc(S(=O)(=O)NCc2ccc(OC)cc2)c(OCC)cc1C. The minimum atomic E-state index is -3.77. The molecule has 0 spiro atoms. The lowest BCUT2D eigenvalue weighted by atomic mass is 10.2. The zero-order valence-electron chi connectivity index (χ0n) is 15.5. The van der Waals surface area contributed by atoms with Crippen LogP contribution in [-0.2, 0) is 16.6 Å². The Balaban J connectivity index is 2.28. The summed E-state index contributed by atoms with van der Waals surface area (Å²) in [6.07, 6.45) is 0. The Kier molecular flexibility index (Phi) is 6.88. The zero-order valence-corrected chi connectivity index (χ0v) is 16.4. The molecular weight excluding hydrogens is 354 g/mol. The van der Waals surface area contributed by atoms with Gasteiger partial charge < -0.3 is 14.2 Å². The van der Waals surface area contributed by atoms with E-state index in [4.69, 9.17) is 14.2 Å². The van der Waals surface area contributed by atoms with E-state index in [0.717, 1.165) is 16.9 Å². The second-order valence-corrected chi connectivity index (χ2v) is 7.34. The van der Waals surface area contributed by atoms with E-state index in [2.05, 4.69) is 4.72 Å². The normalized spacial score (nSPS) is 11.2. The average molecular weight is 379 g/mol. The molecule has 26 heavy (non-hydrogen) atoms. The number of hydrogen-bond donors (Lipinski definition) is 1. The molecule has 0 aliphatic heterocycles. The van der Waals surface area contributed by atoms with Crippen molar-refractivity contribution in [3.63, 3.8) is 0 Å². The molecule has 6 nitrogen and oxygen atoms in total. The van der Waals surface area contributed by atoms with Crippen molar-refractivity contribution in [2.75, 3.05) is 20.3 Å². The fourth-order valence-corrected chi connectivity index (χ4v) is 3.59. The zero-order chi connectivity index (χ0) is 19.2. The van der Waals surface area contributed by atoms with Gasteiger partial charge in [0.05, 0.1) is 20.3 Å². The van der Waals surface area contributed by atoms with Crippen molar-refractivity contribution in [3.8, 4) is 17.2 Å². The smallest absolute Gasteiger partial charge is 0.244 e. The topological polar surface area (TPSA) is 73.9 Å². The van der Waals surface area contributed by atoms with E-state index in [1.807, 2.05) is 32.9 Å². The molecule has 0 fully saturated rings. The molecule has 0 amide bonds. The summed E-state index contributed by atoms with van der Waals surface area (Å²) < 4.78 is 44.4. The molecule has 0 aromatic heterocycles. The van der Waals surface area contributed by atoms with Gasteiger partial charge in [0.1, 0.15) is 22.1 Å². The molecule has 0 aliphatic carbocycles. The van der Waals surface area contributed by atoms with E-state index in [0.29, 0.717) is 24.7 Å². The largest absolute Gasteiger partial charge is 0.497 e. The third kappa shape index (κ3) is 4.89. The predicted octanol–water partition coefficient (Wildman–Crippen LogP) is 3.28. The summed E-state index contributed by atoms with van der Waals surface area (Å²) in [5, 5.41) is 0. The first-order chi connectivity index (χ1) is 12.4. The second-order valence-electron chi connectivity index (χ2n) is 5.60. The van der Waals surface area contributed by atoms with Gasteiger partial charge in [0.15, 0.2) is 0 Å². The average Bonchev–Trinajstić information content (AvgIpc) is 2.63. The molecule has 0 atom stereocenters. The van der Waals surface area contributed by atoms with E-state index in [1.54, 1.807) is 25.3 Å². The van der Waals surface area contributed by atoms with Crippen LogP contribution in [0.2, 0.25) is 0 Å². The van der Waals surface area contributed by atoms with E-state index < -0.39 is 10.0 Å². The molecular formula is C19H25NO5S. The van der Waals surface area contributed by atoms with Gasteiger partial charge in [-0.3, -0.25) is 0 Å². The number of rotatable bonds is 9. The Morgan fingerprint density at radius 1 is 0.962 bits per heavy atom. The third-order valence-electron chi connectivity index (χ3n) is 3.76. The van der Waals surface area contributed by atoms with Crippen LogP contribution in [0.3, 0.4) is 0 Å². The van der Waals surface area contributed by atoms with Gasteiger partial charge in [-0.15, -0.1) is 0 Å². The summed E-state index contributed by atoms with van der Waals surface area (Å²) in [5.41, 5.74) is 1.65. The fourth-order valence-electron chi connectivity index (χ4n) is 2.43. The first-order valence-corrected chi connectivity index (χ1v) is 9.92. The Bertz CT molecular complexity index is 832. The molecule has 0 bridgehead atoms. The van der Waals surface area contributed by atoms with Gasteiger partial charge in [-0.25, -0.2) is 13.1 Å². The summed E-state index contributed by atoms with van der Waals surface area (Å²) in [6, 6.07) is 10.4. The van der Waals surface area contributed by atoms with Crippen LogP contribution in [-0.4, -0.2) is 28.7 Å². The lowest BCUT2D eigenvalue weighted by Crippen LogP contribution is -2.24. The van der Waals surface area contributed by atoms with Gasteiger partial charge in [0, 0.05) is 12.6 Å². The van der Waals surface area contributed by atoms with Gasteiger partial charge in [0.25, 0.3) is 0 Å². The van der Waals surface area contributed by atoms with Crippen molar-refractivity contribution in [1.29, 1.82) is 0 Å². The van der Waals surface area contributed by atoms with Gasteiger partial charge in [-0.1, -0.05) is 12.1 Å². The van der Waals surface area contributed by atoms with Crippen LogP contribution in [0.4, 0.5) is 0 Å². The number of hydrogen-bond acceptors (Lipinski definition) is 5. The number of benzene rings is 2. The molecule has 0 unspecified atom stereocenters. The maximum atomic E-state index is 12.8. The van der Waals surface area contributed by atoms with Crippen LogP contribution < -0.4 is 18.9 Å². The number of aryl methyl sites for hydroxylation is 1. The Labute approximate surface area is 155 Å². The minimum Gasteiger partial charge on any atom is -0.497 e. The van der Waals surface area contributed by atoms with E-state index >= 15 is 0 Å². The summed E-state index contributed by atoms with van der Waals surface area (Å²) in [6.45, 7) is 6.51. The van der Waals surface area contributed by atoms with Crippen molar-refractivity contribution < 1.29 is 22.6 Å². The van der Waals surface area contributed by atoms with E-state index in [1.165, 1.54) is 6.07 Å². The van der Waals surface area contributed by atoms with Gasteiger partial charge >= 0.3 is 0 Å². The van der Waals surface area contributed by atoms with E-state index in [-0.39, 0.29) is 11.4 Å². The summed E-state index contributed by atoms with van der Waals surface area (Å²) in [5.74, 6) is 1.56. The maximum Gasteiger partial charge on any atom is 0.244 e. The number of methoxy groups -OCH3 is 1. The molecule has 1 N–H and O–H groups in total. The lowest BCUT2D eigenvalue weighted by Gasteiger charge is -2.16. The molecule has 0 heterocycles. The van der Waals surface area contributed by atoms with Crippen molar-refractivity contribution >= 4 is 10.0 Å². The Morgan fingerprint density at radius 2 is 1.58 bits per heavy atom. The van der Waals surface area contributed by atoms with Gasteiger partial charge in [0.2, 0.25) is 10.0 Å². The van der Waals surface area contributed by atoms with Gasteiger partial charge in [-0.05, 0) is 50.1 Å². The van der Waals surface area contributed by atoms with Crippen LogP contribution in [0.25, 0.3) is 0 Å². The van der Waals surface area contributed by atoms with Crippen molar-refractivity contribution in [1.82, 2.24) is 4.72 Å². The second kappa shape index (κ2) is 8.91. The monoisotopic (exact) mass is 379 g/mol. The third-order valence-corrected chi connectivity index (χ3v) is 5.18. The van der Waals surface area contributed by atoms with Crippen LogP contribution in [0.15, 0.2) is 41.3 Å². The van der Waals surface area contributed by atoms with Crippen LogP contribution in [0.1, 0.15) is 25.0 Å². The van der Waals surface area contributed by atoms with Crippen molar-refractivity contribution in [2.45, 2.75) is 32.2 Å². The van der Waals surface area contributed by atoms with Crippen LogP contribution >= 0.6 is 0 Å². The molecule has 0 saturated heterocycles. The first kappa shape index (κ1) is 20.1. The number of ether oxygens (including phenoxy) is 3. The van der Waals surface area contributed by atoms with Crippen LogP contribution in [0, 0.1) is 6.92 Å². The van der Waals surface area contributed by atoms with Crippen molar-refractivity contribution in [3.05, 3.63) is 47.5 Å². The molecule has 0 saturated carbocycles. The maximum absolute atomic E-state index is 12.8. The molecule has 142 valence electrons. The highest BCUT2D eigenvalue weighted by molar-refractivity contribution is 7.89. The lowest BCUT2D eigenvalue weighted by molar-refractivity contribution is 0.320. The Morgan fingerprint density at radius 3 is 2.15 bits per heavy atom. The molecule has 2 aromatic carbocycles.